The number of imidazole rings is 1. The summed E-state index contributed by atoms with van der Waals surface area (Å²) in [7, 11) is 0. The molecule has 5 heteroatoms. The smallest absolute Gasteiger partial charge is 0.254 e. The lowest BCUT2D eigenvalue weighted by Crippen LogP contribution is -2.40. The highest BCUT2D eigenvalue weighted by atomic mass is 16.2. The summed E-state index contributed by atoms with van der Waals surface area (Å²) in [5, 5.41) is 0.997. The molecular weight excluding hydrogens is 348 g/mol. The molecule has 1 saturated heterocycles. The molecule has 5 nitrogen and oxygen atoms in total. The minimum atomic E-state index is 0.143. The summed E-state index contributed by atoms with van der Waals surface area (Å²) in [6.07, 6.45) is 10.1. The summed E-state index contributed by atoms with van der Waals surface area (Å²) >= 11 is 0. The van der Waals surface area contributed by atoms with Crippen LogP contribution in [-0.4, -0.2) is 38.4 Å². The van der Waals surface area contributed by atoms with Crippen molar-refractivity contribution in [1.29, 1.82) is 0 Å². The van der Waals surface area contributed by atoms with Gasteiger partial charge in [0.05, 0.1) is 23.4 Å². The van der Waals surface area contributed by atoms with Crippen LogP contribution in [0.5, 0.6) is 0 Å². The average molecular weight is 374 g/mol. The van der Waals surface area contributed by atoms with E-state index >= 15 is 0 Å². The van der Waals surface area contributed by atoms with Crippen molar-refractivity contribution in [3.8, 4) is 0 Å². The van der Waals surface area contributed by atoms with Crippen molar-refractivity contribution in [3.05, 3.63) is 59.3 Å². The third kappa shape index (κ3) is 3.09. The van der Waals surface area contributed by atoms with E-state index < -0.39 is 0 Å². The first-order chi connectivity index (χ1) is 13.6. The number of hydrogen-bond acceptors (Lipinski definition) is 3. The summed E-state index contributed by atoms with van der Waals surface area (Å²) in [6.45, 7) is 5.74. The van der Waals surface area contributed by atoms with Crippen molar-refractivity contribution in [2.45, 2.75) is 51.5 Å². The molecule has 144 valence electrons. The van der Waals surface area contributed by atoms with Gasteiger partial charge in [0.15, 0.2) is 0 Å². The predicted molar refractivity (Wildman–Crippen MR) is 110 cm³/mol. The SMILES string of the molecule is Cc1cc(C)c2nc(C3CC3)cc(C(=O)N3CCCC(n4ccnc4)C3)c2c1. The molecule has 1 atom stereocenters. The molecule has 2 aliphatic rings. The fourth-order valence-electron chi connectivity index (χ4n) is 4.50. The van der Waals surface area contributed by atoms with Crippen LogP contribution in [0.1, 0.15) is 64.8 Å². The second kappa shape index (κ2) is 6.73. The molecule has 2 fully saturated rings. The maximum atomic E-state index is 13.6. The Balaban J connectivity index is 1.55. The van der Waals surface area contributed by atoms with E-state index in [0.717, 1.165) is 53.7 Å². The van der Waals surface area contributed by atoms with Gasteiger partial charge in [-0.3, -0.25) is 9.78 Å². The number of nitrogens with zero attached hydrogens (tertiary/aromatic N) is 4. The predicted octanol–water partition coefficient (Wildman–Crippen LogP) is 4.40. The van der Waals surface area contributed by atoms with Crippen LogP contribution < -0.4 is 0 Å². The molecule has 1 aliphatic heterocycles. The van der Waals surface area contributed by atoms with Crippen molar-refractivity contribution in [3.63, 3.8) is 0 Å². The second-order valence-corrected chi connectivity index (χ2v) is 8.40. The molecule has 2 aromatic heterocycles. The summed E-state index contributed by atoms with van der Waals surface area (Å²) in [4.78, 5) is 24.8. The Morgan fingerprint density at radius 1 is 1.14 bits per heavy atom. The van der Waals surface area contributed by atoms with Gasteiger partial charge in [0, 0.05) is 42.5 Å². The quantitative estimate of drug-likeness (QED) is 0.683. The highest BCUT2D eigenvalue weighted by Crippen LogP contribution is 2.41. The minimum Gasteiger partial charge on any atom is -0.337 e. The number of hydrogen-bond donors (Lipinski definition) is 0. The van der Waals surface area contributed by atoms with Gasteiger partial charge >= 0.3 is 0 Å². The number of rotatable bonds is 3. The normalized spacial score (nSPS) is 19.9. The zero-order chi connectivity index (χ0) is 19.3. The highest BCUT2D eigenvalue weighted by Gasteiger charge is 2.30. The fraction of sp³-hybridized carbons (Fsp3) is 0.435. The lowest BCUT2D eigenvalue weighted by atomic mass is 9.98. The zero-order valence-electron chi connectivity index (χ0n) is 16.6. The molecule has 3 heterocycles. The molecular formula is C23H26N4O. The molecule has 28 heavy (non-hydrogen) atoms. The fourth-order valence-corrected chi connectivity index (χ4v) is 4.50. The summed E-state index contributed by atoms with van der Waals surface area (Å²) < 4.78 is 2.13. The molecule has 0 bridgehead atoms. The van der Waals surface area contributed by atoms with Gasteiger partial charge in [-0.2, -0.15) is 0 Å². The van der Waals surface area contributed by atoms with E-state index in [-0.39, 0.29) is 5.91 Å². The van der Waals surface area contributed by atoms with Gasteiger partial charge in [0.2, 0.25) is 0 Å². The first-order valence-electron chi connectivity index (χ1n) is 10.3. The summed E-state index contributed by atoms with van der Waals surface area (Å²) in [5.41, 5.74) is 5.23. The lowest BCUT2D eigenvalue weighted by Gasteiger charge is -2.33. The van der Waals surface area contributed by atoms with Crippen molar-refractivity contribution in [1.82, 2.24) is 19.4 Å². The van der Waals surface area contributed by atoms with E-state index in [2.05, 4.69) is 41.6 Å². The molecule has 5 rings (SSSR count). The van der Waals surface area contributed by atoms with Crippen molar-refractivity contribution in [2.24, 2.45) is 0 Å². The largest absolute Gasteiger partial charge is 0.337 e. The molecule has 1 aromatic carbocycles. The van der Waals surface area contributed by atoms with Gasteiger partial charge in [0.25, 0.3) is 5.91 Å². The highest BCUT2D eigenvalue weighted by molar-refractivity contribution is 6.07. The van der Waals surface area contributed by atoms with Crippen LogP contribution in [-0.2, 0) is 0 Å². The van der Waals surface area contributed by atoms with Crippen LogP contribution in [0.25, 0.3) is 10.9 Å². The maximum absolute atomic E-state index is 13.6. The average Bonchev–Trinajstić information content (AvgIpc) is 3.40. The van der Waals surface area contributed by atoms with Gasteiger partial charge in [-0.25, -0.2) is 4.98 Å². The van der Waals surface area contributed by atoms with Gasteiger partial charge in [-0.1, -0.05) is 11.6 Å². The molecule has 0 radical (unpaired) electrons. The Hall–Kier alpha value is -2.69. The van der Waals surface area contributed by atoms with Crippen molar-refractivity contribution in [2.75, 3.05) is 13.1 Å². The number of fused-ring (bicyclic) bond motifs is 1. The Bertz CT molecular complexity index is 1040. The molecule has 1 aliphatic carbocycles. The molecule has 1 unspecified atom stereocenters. The topological polar surface area (TPSA) is 51.0 Å². The number of pyridine rings is 1. The second-order valence-electron chi connectivity index (χ2n) is 8.40. The third-order valence-corrected chi connectivity index (χ3v) is 6.12. The van der Waals surface area contributed by atoms with Gasteiger partial charge in [0.1, 0.15) is 0 Å². The Morgan fingerprint density at radius 2 is 2.00 bits per heavy atom. The Kier molecular flexibility index (Phi) is 4.18. The van der Waals surface area contributed by atoms with E-state index in [4.69, 9.17) is 4.98 Å². The van der Waals surface area contributed by atoms with Gasteiger partial charge in [-0.05, 0) is 57.2 Å². The molecule has 1 amide bonds. The van der Waals surface area contributed by atoms with E-state index in [1.807, 2.05) is 23.6 Å². The van der Waals surface area contributed by atoms with Crippen molar-refractivity contribution < 1.29 is 4.79 Å². The molecule has 3 aromatic rings. The van der Waals surface area contributed by atoms with Crippen LogP contribution in [0.3, 0.4) is 0 Å². The van der Waals surface area contributed by atoms with Gasteiger partial charge < -0.3 is 9.47 Å². The molecule has 1 saturated carbocycles. The van der Waals surface area contributed by atoms with Crippen LogP contribution in [0.4, 0.5) is 0 Å². The minimum absolute atomic E-state index is 0.143. The standard InChI is InChI=1S/C23H26N4O/c1-15-10-16(2)22-19(11-15)20(12-21(25-22)17-5-6-17)23(28)26-8-3-4-18(13-26)27-9-7-24-14-27/h7,9-12,14,17-18H,3-6,8,13H2,1-2H3. The van der Waals surface area contributed by atoms with Crippen LogP contribution in [0.15, 0.2) is 36.9 Å². The number of aromatic nitrogens is 3. The van der Waals surface area contributed by atoms with Crippen molar-refractivity contribution >= 4 is 16.8 Å². The number of likely N-dealkylation sites (tertiary alicyclic amines) is 1. The number of aryl methyl sites for hydroxylation is 2. The van der Waals surface area contributed by atoms with E-state index in [1.165, 1.54) is 18.4 Å². The third-order valence-electron chi connectivity index (χ3n) is 6.12. The summed E-state index contributed by atoms with van der Waals surface area (Å²) in [6, 6.07) is 6.66. The zero-order valence-corrected chi connectivity index (χ0v) is 16.6. The number of benzene rings is 1. The van der Waals surface area contributed by atoms with E-state index in [1.54, 1.807) is 0 Å². The Labute approximate surface area is 165 Å². The number of carbonyl (C=O) groups excluding carboxylic acids is 1. The van der Waals surface area contributed by atoms with Crippen LogP contribution in [0, 0.1) is 13.8 Å². The van der Waals surface area contributed by atoms with Crippen LogP contribution >= 0.6 is 0 Å². The first kappa shape index (κ1) is 17.4. The van der Waals surface area contributed by atoms with Gasteiger partial charge in [-0.15, -0.1) is 0 Å². The van der Waals surface area contributed by atoms with E-state index in [9.17, 15) is 4.79 Å². The monoisotopic (exact) mass is 374 g/mol. The van der Waals surface area contributed by atoms with E-state index in [0.29, 0.717) is 12.0 Å². The first-order valence-corrected chi connectivity index (χ1v) is 10.3. The molecule has 0 N–H and O–H groups in total. The summed E-state index contributed by atoms with van der Waals surface area (Å²) in [5.74, 6) is 0.667. The number of carbonyl (C=O) groups is 1. The lowest BCUT2D eigenvalue weighted by molar-refractivity contribution is 0.0681. The maximum Gasteiger partial charge on any atom is 0.254 e. The Morgan fingerprint density at radius 3 is 2.75 bits per heavy atom. The molecule has 0 spiro atoms. The van der Waals surface area contributed by atoms with Crippen LogP contribution in [0.2, 0.25) is 0 Å². The number of amides is 1. The number of piperidine rings is 1.